The van der Waals surface area contributed by atoms with E-state index in [1.54, 1.807) is 6.92 Å². The highest BCUT2D eigenvalue weighted by molar-refractivity contribution is 7.32. The molecule has 0 heterocycles. The van der Waals surface area contributed by atoms with Crippen LogP contribution >= 0.6 is 8.25 Å². The third kappa shape index (κ3) is 5.96. The molecule has 0 saturated carbocycles. The summed E-state index contributed by atoms with van der Waals surface area (Å²) in [5.74, 6) is -0.310. The van der Waals surface area contributed by atoms with Crippen LogP contribution in [0, 0.1) is 0 Å². The van der Waals surface area contributed by atoms with Crippen LogP contribution in [0.5, 0.6) is 0 Å². The number of likely N-dealkylation sites (N-methyl/N-ethyl adjacent to an activating group) is 1. The van der Waals surface area contributed by atoms with Gasteiger partial charge in [-0.25, -0.2) is 9.59 Å². The van der Waals surface area contributed by atoms with Crippen LogP contribution in [0.1, 0.15) is 6.92 Å². The van der Waals surface area contributed by atoms with Crippen LogP contribution in [0.25, 0.3) is 0 Å². The zero-order chi connectivity index (χ0) is 11.8. The number of hydrogen-bond acceptors (Lipinski definition) is 4. The lowest BCUT2D eigenvalue weighted by Gasteiger charge is -2.12. The van der Waals surface area contributed by atoms with Crippen LogP contribution < -0.4 is 0 Å². The molecule has 0 spiro atoms. The van der Waals surface area contributed by atoms with E-state index >= 15 is 0 Å². The Morgan fingerprint density at radius 2 is 2.13 bits per heavy atom. The van der Waals surface area contributed by atoms with Gasteiger partial charge in [0.05, 0.1) is 7.11 Å². The van der Waals surface area contributed by atoms with Crippen molar-refractivity contribution in [3.05, 3.63) is 24.0 Å². The Kier molecular flexibility index (Phi) is 6.53. The highest BCUT2D eigenvalue weighted by Crippen LogP contribution is 2.14. The molecule has 0 saturated heterocycles. The molecule has 1 N–H and O–H groups in total. The molecular formula is C8H13NO5P+. The van der Waals surface area contributed by atoms with Crippen LogP contribution in [-0.4, -0.2) is 30.0 Å². The Labute approximate surface area is 88.7 Å². The SMILES string of the molecule is CON(C)C(=O)/C(C)=C\C=C\O[P+](=O)O. The highest BCUT2D eigenvalue weighted by Gasteiger charge is 2.09. The van der Waals surface area contributed by atoms with Gasteiger partial charge in [-0.2, -0.15) is 0 Å². The zero-order valence-electron chi connectivity index (χ0n) is 8.71. The van der Waals surface area contributed by atoms with E-state index in [9.17, 15) is 9.36 Å². The molecule has 1 amide bonds. The first-order valence-corrected chi connectivity index (χ1v) is 5.10. The molecular weight excluding hydrogens is 221 g/mol. The van der Waals surface area contributed by atoms with E-state index in [-0.39, 0.29) is 5.91 Å². The molecule has 0 bridgehead atoms. The minimum absolute atomic E-state index is 0.310. The van der Waals surface area contributed by atoms with Gasteiger partial charge in [0.25, 0.3) is 5.91 Å². The Morgan fingerprint density at radius 3 is 2.60 bits per heavy atom. The Morgan fingerprint density at radius 1 is 1.53 bits per heavy atom. The summed E-state index contributed by atoms with van der Waals surface area (Å²) in [5, 5.41) is 1.06. The summed E-state index contributed by atoms with van der Waals surface area (Å²) in [5.41, 5.74) is 0.410. The van der Waals surface area contributed by atoms with Crippen LogP contribution in [0.3, 0.4) is 0 Å². The number of carbonyl (C=O) groups excluding carboxylic acids is 1. The van der Waals surface area contributed by atoms with Crippen molar-refractivity contribution in [3.8, 4) is 0 Å². The third-order valence-electron chi connectivity index (χ3n) is 1.47. The predicted molar refractivity (Wildman–Crippen MR) is 53.6 cm³/mol. The average Bonchev–Trinajstić information content (AvgIpc) is 2.21. The van der Waals surface area contributed by atoms with E-state index in [0.717, 1.165) is 11.3 Å². The van der Waals surface area contributed by atoms with Gasteiger partial charge in [0, 0.05) is 17.2 Å². The molecule has 84 valence electrons. The maximum atomic E-state index is 11.4. The number of hydroxylamine groups is 2. The minimum atomic E-state index is -2.65. The maximum absolute atomic E-state index is 11.4. The largest absolute Gasteiger partial charge is 0.746 e. The second-order valence-corrected chi connectivity index (χ2v) is 3.19. The van der Waals surface area contributed by atoms with Crippen LogP contribution in [0.2, 0.25) is 0 Å². The first-order valence-electron chi connectivity index (χ1n) is 3.97. The van der Waals surface area contributed by atoms with Gasteiger partial charge in [0.1, 0.15) is 0 Å². The Balaban J connectivity index is 4.25. The molecule has 0 aromatic carbocycles. The molecule has 0 aromatic rings. The fourth-order valence-electron chi connectivity index (χ4n) is 0.673. The van der Waals surface area contributed by atoms with E-state index < -0.39 is 8.25 Å². The number of rotatable bonds is 5. The lowest BCUT2D eigenvalue weighted by molar-refractivity contribution is -0.163. The predicted octanol–water partition coefficient (Wildman–Crippen LogP) is 1.13. The van der Waals surface area contributed by atoms with Crippen molar-refractivity contribution in [1.29, 1.82) is 0 Å². The van der Waals surface area contributed by atoms with Gasteiger partial charge in [0.15, 0.2) is 6.26 Å². The molecule has 0 aliphatic rings. The molecule has 15 heavy (non-hydrogen) atoms. The summed E-state index contributed by atoms with van der Waals surface area (Å²) in [6, 6.07) is 0. The lowest BCUT2D eigenvalue weighted by atomic mass is 10.2. The van der Waals surface area contributed by atoms with Gasteiger partial charge < -0.3 is 0 Å². The monoisotopic (exact) mass is 234 g/mol. The highest BCUT2D eigenvalue weighted by atomic mass is 31.1. The second-order valence-electron chi connectivity index (χ2n) is 2.51. The summed E-state index contributed by atoms with van der Waals surface area (Å²) in [4.78, 5) is 24.3. The van der Waals surface area contributed by atoms with Crippen molar-refractivity contribution in [2.24, 2.45) is 0 Å². The zero-order valence-corrected chi connectivity index (χ0v) is 9.60. The third-order valence-corrected chi connectivity index (χ3v) is 1.78. The molecule has 0 rings (SSSR count). The van der Waals surface area contributed by atoms with Gasteiger partial charge in [-0.3, -0.25) is 9.63 Å². The quantitative estimate of drug-likeness (QED) is 0.254. The van der Waals surface area contributed by atoms with Crippen molar-refractivity contribution < 1.29 is 23.6 Å². The number of nitrogens with zero attached hydrogens (tertiary/aromatic N) is 1. The van der Waals surface area contributed by atoms with E-state index in [1.807, 2.05) is 0 Å². The maximum Gasteiger partial charge on any atom is 0.746 e. The summed E-state index contributed by atoms with van der Waals surface area (Å²) in [6.07, 6.45) is 3.82. The van der Waals surface area contributed by atoms with E-state index in [2.05, 4.69) is 9.36 Å². The molecule has 0 aliphatic carbocycles. The number of hydrogen-bond donors (Lipinski definition) is 1. The summed E-state index contributed by atoms with van der Waals surface area (Å²) in [7, 11) is 0.204. The van der Waals surface area contributed by atoms with E-state index in [1.165, 1.54) is 26.3 Å². The molecule has 7 heteroatoms. The van der Waals surface area contributed by atoms with Crippen LogP contribution in [-0.2, 0) is 18.7 Å². The number of amides is 1. The molecule has 6 nitrogen and oxygen atoms in total. The Hall–Kier alpha value is -1.23. The fraction of sp³-hybridized carbons (Fsp3) is 0.375. The molecule has 1 atom stereocenters. The first-order chi connectivity index (χ1) is 6.99. The van der Waals surface area contributed by atoms with Crippen molar-refractivity contribution in [2.75, 3.05) is 14.2 Å². The van der Waals surface area contributed by atoms with Crippen molar-refractivity contribution in [2.45, 2.75) is 6.92 Å². The molecule has 0 aromatic heterocycles. The second kappa shape index (κ2) is 7.11. The molecule has 0 fully saturated rings. The van der Waals surface area contributed by atoms with E-state index in [0.29, 0.717) is 5.57 Å². The fourth-order valence-corrected chi connectivity index (χ4v) is 0.848. The smallest absolute Gasteiger partial charge is 0.274 e. The number of allylic oxidation sites excluding steroid dienone is 2. The van der Waals surface area contributed by atoms with E-state index in [4.69, 9.17) is 4.89 Å². The molecule has 0 radical (unpaired) electrons. The van der Waals surface area contributed by atoms with Crippen molar-refractivity contribution >= 4 is 14.2 Å². The topological polar surface area (TPSA) is 76.1 Å². The average molecular weight is 234 g/mol. The van der Waals surface area contributed by atoms with Gasteiger partial charge in [-0.15, -0.1) is 4.89 Å². The normalized spacial score (nSPS) is 12.8. The van der Waals surface area contributed by atoms with Gasteiger partial charge in [-0.1, -0.05) is 6.08 Å². The van der Waals surface area contributed by atoms with Crippen LogP contribution in [0.4, 0.5) is 0 Å². The van der Waals surface area contributed by atoms with Crippen molar-refractivity contribution in [3.63, 3.8) is 0 Å². The molecule has 0 aliphatic heterocycles. The van der Waals surface area contributed by atoms with Gasteiger partial charge >= 0.3 is 8.25 Å². The van der Waals surface area contributed by atoms with Crippen LogP contribution in [0.15, 0.2) is 24.0 Å². The van der Waals surface area contributed by atoms with Crippen molar-refractivity contribution in [1.82, 2.24) is 5.06 Å². The lowest BCUT2D eigenvalue weighted by Crippen LogP contribution is -2.25. The van der Waals surface area contributed by atoms with Gasteiger partial charge in [-0.05, 0) is 13.0 Å². The minimum Gasteiger partial charge on any atom is -0.274 e. The Bertz CT molecular complexity index is 299. The summed E-state index contributed by atoms with van der Waals surface area (Å²) < 4.78 is 14.3. The standard InChI is InChI=1S/C8H12NO5P/c1-7(8(10)9(2)13-3)5-4-6-14-15(11)12/h4-6H,1-3H3/p+1/b6-4+,7-5-. The summed E-state index contributed by atoms with van der Waals surface area (Å²) in [6.45, 7) is 1.58. The summed E-state index contributed by atoms with van der Waals surface area (Å²) >= 11 is 0. The molecule has 1 unspecified atom stereocenters. The number of carbonyl (C=O) groups is 1. The van der Waals surface area contributed by atoms with Gasteiger partial charge in [0.2, 0.25) is 0 Å². The first kappa shape index (κ1) is 13.8.